The number of halogens is 3. The van der Waals surface area contributed by atoms with E-state index in [2.05, 4.69) is 15.3 Å². The van der Waals surface area contributed by atoms with E-state index in [-0.39, 0.29) is 18.0 Å². The molecule has 0 saturated carbocycles. The molecule has 0 spiro atoms. The molecule has 21 heavy (non-hydrogen) atoms. The van der Waals surface area contributed by atoms with Crippen molar-refractivity contribution in [2.24, 2.45) is 0 Å². The van der Waals surface area contributed by atoms with Crippen molar-refractivity contribution in [1.29, 1.82) is 0 Å². The van der Waals surface area contributed by atoms with Crippen molar-refractivity contribution in [1.82, 2.24) is 15.3 Å². The quantitative estimate of drug-likeness (QED) is 0.878. The molecule has 1 aliphatic heterocycles. The fraction of sp³-hybridized carbons (Fsp3) is 0.333. The van der Waals surface area contributed by atoms with E-state index < -0.39 is 11.9 Å². The Morgan fingerprint density at radius 3 is 2.67 bits per heavy atom. The van der Waals surface area contributed by atoms with Gasteiger partial charge in [-0.05, 0) is 17.5 Å². The summed E-state index contributed by atoms with van der Waals surface area (Å²) in [4.78, 5) is 8.24. The van der Waals surface area contributed by atoms with Gasteiger partial charge in [0, 0.05) is 24.6 Å². The molecule has 1 aromatic carbocycles. The second kappa shape index (κ2) is 4.27. The molecule has 0 amide bonds. The second-order valence-electron chi connectivity index (χ2n) is 5.41. The molecule has 1 N–H and O–H groups in total. The minimum absolute atomic E-state index is 0.117. The zero-order valence-corrected chi connectivity index (χ0v) is 11.0. The van der Waals surface area contributed by atoms with Crippen LogP contribution in [-0.4, -0.2) is 9.97 Å². The third-order valence-electron chi connectivity index (χ3n) is 4.14. The highest BCUT2D eigenvalue weighted by Crippen LogP contribution is 2.40. The molecule has 1 atom stereocenters. The zero-order valence-electron chi connectivity index (χ0n) is 11.0. The van der Waals surface area contributed by atoms with Gasteiger partial charge in [0.1, 0.15) is 5.82 Å². The van der Waals surface area contributed by atoms with E-state index >= 15 is 0 Å². The summed E-state index contributed by atoms with van der Waals surface area (Å²) in [7, 11) is 0. The van der Waals surface area contributed by atoms with Gasteiger partial charge in [0.2, 0.25) is 0 Å². The van der Waals surface area contributed by atoms with Crippen molar-refractivity contribution in [2.75, 3.05) is 0 Å². The average Bonchev–Trinajstić information content (AvgIpc) is 2.86. The number of benzene rings is 1. The Hall–Kier alpha value is -1.95. The lowest BCUT2D eigenvalue weighted by Gasteiger charge is -2.29. The third-order valence-corrected chi connectivity index (χ3v) is 4.14. The zero-order chi connectivity index (χ0) is 14.6. The lowest BCUT2D eigenvalue weighted by atomic mass is 9.77. The van der Waals surface area contributed by atoms with Crippen molar-refractivity contribution < 1.29 is 13.2 Å². The standard InChI is InChI=1S/C15H12F3N3/c16-15(17,18)13-11-6-19-7-12(11)20-14(21-13)10-5-8-3-1-2-4-9(8)10/h1-4,10,19H,5-7H2. The number of hydrogen-bond donors (Lipinski definition) is 1. The lowest BCUT2D eigenvalue weighted by Crippen LogP contribution is -2.23. The first-order valence-electron chi connectivity index (χ1n) is 6.79. The van der Waals surface area contributed by atoms with E-state index in [0.29, 0.717) is 24.5 Å². The summed E-state index contributed by atoms with van der Waals surface area (Å²) in [5.41, 5.74) is 2.10. The molecule has 108 valence electrons. The number of aromatic nitrogens is 2. The molecule has 0 radical (unpaired) electrons. The predicted molar refractivity (Wildman–Crippen MR) is 69.6 cm³/mol. The topological polar surface area (TPSA) is 37.8 Å². The molecule has 0 fully saturated rings. The first kappa shape index (κ1) is 12.8. The summed E-state index contributed by atoms with van der Waals surface area (Å²) >= 11 is 0. The van der Waals surface area contributed by atoms with Gasteiger partial charge in [-0.25, -0.2) is 9.97 Å². The highest BCUT2D eigenvalue weighted by Gasteiger charge is 2.40. The molecular formula is C15H12F3N3. The number of rotatable bonds is 1. The van der Waals surface area contributed by atoms with Crippen molar-refractivity contribution in [3.63, 3.8) is 0 Å². The highest BCUT2D eigenvalue weighted by molar-refractivity contribution is 5.45. The van der Waals surface area contributed by atoms with Gasteiger partial charge < -0.3 is 5.32 Å². The van der Waals surface area contributed by atoms with Crippen molar-refractivity contribution >= 4 is 0 Å². The predicted octanol–water partition coefficient (Wildman–Crippen LogP) is 2.79. The van der Waals surface area contributed by atoms with E-state index in [1.807, 2.05) is 24.3 Å². The molecule has 2 heterocycles. The summed E-state index contributed by atoms with van der Waals surface area (Å²) in [6.45, 7) is 0.564. The number of hydrogen-bond acceptors (Lipinski definition) is 3. The molecule has 6 heteroatoms. The fourth-order valence-electron chi connectivity index (χ4n) is 3.07. The highest BCUT2D eigenvalue weighted by atomic mass is 19.4. The van der Waals surface area contributed by atoms with Crippen LogP contribution in [0.15, 0.2) is 24.3 Å². The first-order valence-corrected chi connectivity index (χ1v) is 6.79. The van der Waals surface area contributed by atoms with E-state index in [1.54, 1.807) is 0 Å². The van der Waals surface area contributed by atoms with Gasteiger partial charge in [-0.3, -0.25) is 0 Å². The molecule has 1 aliphatic carbocycles. The normalized spacial score (nSPS) is 19.9. The molecule has 3 nitrogen and oxygen atoms in total. The lowest BCUT2D eigenvalue weighted by molar-refractivity contribution is -0.142. The Morgan fingerprint density at radius 2 is 1.90 bits per heavy atom. The molecule has 1 aromatic heterocycles. The maximum atomic E-state index is 13.2. The van der Waals surface area contributed by atoms with Crippen LogP contribution >= 0.6 is 0 Å². The van der Waals surface area contributed by atoms with Gasteiger partial charge in [0.25, 0.3) is 0 Å². The fourth-order valence-corrected chi connectivity index (χ4v) is 3.07. The second-order valence-corrected chi connectivity index (χ2v) is 5.41. The number of fused-ring (bicyclic) bond motifs is 2. The molecule has 2 aliphatic rings. The Labute approximate surface area is 119 Å². The van der Waals surface area contributed by atoms with Gasteiger partial charge in [-0.2, -0.15) is 13.2 Å². The van der Waals surface area contributed by atoms with E-state index in [4.69, 9.17) is 0 Å². The maximum absolute atomic E-state index is 13.2. The molecule has 2 aromatic rings. The van der Waals surface area contributed by atoms with Gasteiger partial charge >= 0.3 is 6.18 Å². The van der Waals surface area contributed by atoms with Gasteiger partial charge in [0.15, 0.2) is 5.69 Å². The monoisotopic (exact) mass is 291 g/mol. The van der Waals surface area contributed by atoms with Crippen LogP contribution in [0.5, 0.6) is 0 Å². The SMILES string of the molecule is FC(F)(F)c1nc(C2Cc3ccccc32)nc2c1CNC2. The molecule has 0 bridgehead atoms. The molecular weight excluding hydrogens is 279 g/mol. The van der Waals surface area contributed by atoms with Crippen molar-refractivity contribution in [3.8, 4) is 0 Å². The Morgan fingerprint density at radius 1 is 1.10 bits per heavy atom. The van der Waals surface area contributed by atoms with Crippen molar-refractivity contribution in [2.45, 2.75) is 31.6 Å². The van der Waals surface area contributed by atoms with Gasteiger partial charge in [-0.1, -0.05) is 24.3 Å². The molecule has 0 saturated heterocycles. The minimum Gasteiger partial charge on any atom is -0.307 e. The van der Waals surface area contributed by atoms with Gasteiger partial charge in [-0.15, -0.1) is 0 Å². The maximum Gasteiger partial charge on any atom is 0.433 e. The van der Waals surface area contributed by atoms with E-state index in [9.17, 15) is 13.2 Å². The van der Waals surface area contributed by atoms with Crippen LogP contribution in [-0.2, 0) is 25.7 Å². The van der Waals surface area contributed by atoms with Crippen LogP contribution in [0, 0.1) is 0 Å². The summed E-state index contributed by atoms with van der Waals surface area (Å²) in [5, 5.41) is 2.92. The number of alkyl halides is 3. The number of nitrogens with one attached hydrogen (secondary N) is 1. The molecule has 1 unspecified atom stereocenters. The van der Waals surface area contributed by atoms with E-state index in [0.717, 1.165) is 5.56 Å². The van der Waals surface area contributed by atoms with Crippen LogP contribution in [0.25, 0.3) is 0 Å². The van der Waals surface area contributed by atoms with E-state index in [1.165, 1.54) is 5.56 Å². The minimum atomic E-state index is -4.43. The largest absolute Gasteiger partial charge is 0.433 e. The third kappa shape index (κ3) is 1.93. The van der Waals surface area contributed by atoms with Crippen LogP contribution in [0.3, 0.4) is 0 Å². The number of nitrogens with zero attached hydrogens (tertiary/aromatic N) is 2. The van der Waals surface area contributed by atoms with Crippen molar-refractivity contribution in [3.05, 3.63) is 58.2 Å². The molecule has 4 rings (SSSR count). The Bertz CT molecular complexity index is 725. The van der Waals surface area contributed by atoms with Crippen LogP contribution < -0.4 is 5.32 Å². The average molecular weight is 291 g/mol. The summed E-state index contributed by atoms with van der Waals surface area (Å²) in [5.74, 6) is 0.177. The first-order chi connectivity index (χ1) is 10.0. The Balaban J connectivity index is 1.82. The van der Waals surface area contributed by atoms with Crippen LogP contribution in [0.4, 0.5) is 13.2 Å². The summed E-state index contributed by atoms with van der Waals surface area (Å²) < 4.78 is 39.6. The van der Waals surface area contributed by atoms with Gasteiger partial charge in [0.05, 0.1) is 5.69 Å². The summed E-state index contributed by atoms with van der Waals surface area (Å²) in [6.07, 6.45) is -3.73. The smallest absolute Gasteiger partial charge is 0.307 e. The van der Waals surface area contributed by atoms with Crippen LogP contribution in [0.2, 0.25) is 0 Å². The van der Waals surface area contributed by atoms with Crippen LogP contribution in [0.1, 0.15) is 39.8 Å². The Kier molecular flexibility index (Phi) is 2.60. The summed E-state index contributed by atoms with van der Waals surface area (Å²) in [6, 6.07) is 7.76.